The Kier molecular flexibility index (Phi) is 6.07. The van der Waals surface area contributed by atoms with Crippen molar-refractivity contribution in [3.63, 3.8) is 0 Å². The summed E-state index contributed by atoms with van der Waals surface area (Å²) in [6.07, 6.45) is 0. The lowest BCUT2D eigenvalue weighted by Gasteiger charge is -2.37. The molecule has 0 saturated carbocycles. The molecule has 0 radical (unpaired) electrons. The van der Waals surface area contributed by atoms with Gasteiger partial charge in [0.25, 0.3) is 0 Å². The zero-order valence-corrected chi connectivity index (χ0v) is 19.7. The second kappa shape index (κ2) is 8.52. The van der Waals surface area contributed by atoms with Crippen molar-refractivity contribution in [2.45, 2.75) is 39.3 Å². The highest BCUT2D eigenvalue weighted by Crippen LogP contribution is 2.56. The third-order valence-corrected chi connectivity index (χ3v) is 7.01. The normalized spacial score (nSPS) is 22.4. The summed E-state index contributed by atoms with van der Waals surface area (Å²) in [6.45, 7) is 7.94. The molecule has 2 atom stereocenters. The molecule has 0 saturated heterocycles. The molecule has 0 unspecified atom stereocenters. The summed E-state index contributed by atoms with van der Waals surface area (Å²) < 4.78 is 33.2. The number of ether oxygens (including phenoxy) is 1. The third-order valence-electron chi connectivity index (χ3n) is 5.71. The van der Waals surface area contributed by atoms with Gasteiger partial charge in [-0.05, 0) is 66.9 Å². The van der Waals surface area contributed by atoms with Crippen LogP contribution in [0.25, 0.3) is 0 Å². The second-order valence-electron chi connectivity index (χ2n) is 8.19. The Morgan fingerprint density at radius 1 is 1.22 bits per heavy atom. The predicted octanol–water partition coefficient (Wildman–Crippen LogP) is 6.42. The number of carbonyl (C=O) groups excluding carboxylic acids is 1. The monoisotopic (exact) mass is 476 g/mol. The molecule has 0 spiro atoms. The number of allylic oxidation sites excluding steroid dienone is 1. The highest BCUT2D eigenvalue weighted by molar-refractivity contribution is 8.18. The summed E-state index contributed by atoms with van der Waals surface area (Å²) in [5.74, 6) is -2.22. The van der Waals surface area contributed by atoms with Gasteiger partial charge in [0.15, 0.2) is 16.8 Å². The van der Waals surface area contributed by atoms with Crippen LogP contribution >= 0.6 is 23.4 Å². The Hall–Kier alpha value is -2.38. The number of thioether (sulfide) groups is 1. The van der Waals surface area contributed by atoms with Crippen LogP contribution < -0.4 is 0 Å². The van der Waals surface area contributed by atoms with Gasteiger partial charge in [0.2, 0.25) is 0 Å². The van der Waals surface area contributed by atoms with Crippen molar-refractivity contribution in [1.29, 1.82) is 0 Å². The van der Waals surface area contributed by atoms with Crippen LogP contribution in [0.1, 0.15) is 44.9 Å². The number of hydrogen-bond acceptors (Lipinski definition) is 5. The first kappa shape index (κ1) is 22.8. The van der Waals surface area contributed by atoms with Crippen molar-refractivity contribution in [2.24, 2.45) is 10.9 Å². The molecule has 0 aliphatic carbocycles. The van der Waals surface area contributed by atoms with Crippen LogP contribution in [0.3, 0.4) is 0 Å². The van der Waals surface area contributed by atoms with E-state index in [2.05, 4.69) is 0 Å². The lowest BCUT2D eigenvalue weighted by Crippen LogP contribution is -2.36. The molecule has 2 aliphatic rings. The minimum Gasteiger partial charge on any atom is -0.462 e. The largest absolute Gasteiger partial charge is 0.462 e. The fraction of sp³-hybridized carbons (Fsp3) is 0.333. The van der Waals surface area contributed by atoms with Gasteiger partial charge in [-0.25, -0.2) is 18.6 Å². The summed E-state index contributed by atoms with van der Waals surface area (Å²) in [6, 6.07) is 10.8. The average molecular weight is 477 g/mol. The number of aliphatic imine (C=N–C) groups is 1. The third kappa shape index (κ3) is 3.71. The maximum absolute atomic E-state index is 14.2. The van der Waals surface area contributed by atoms with Crippen LogP contribution in [0.5, 0.6) is 0 Å². The van der Waals surface area contributed by atoms with E-state index in [1.165, 1.54) is 17.8 Å². The summed E-state index contributed by atoms with van der Waals surface area (Å²) in [5, 5.41) is 1.22. The number of carbonyl (C=O) groups is 1. The Balaban J connectivity index is 1.91. The van der Waals surface area contributed by atoms with Gasteiger partial charge in [-0.1, -0.05) is 43.6 Å². The molecule has 2 aliphatic heterocycles. The zero-order valence-electron chi connectivity index (χ0n) is 18.2. The van der Waals surface area contributed by atoms with Crippen molar-refractivity contribution in [1.82, 2.24) is 4.90 Å². The topological polar surface area (TPSA) is 41.9 Å². The molecular weight excluding hydrogens is 454 g/mol. The minimum atomic E-state index is -0.926. The first-order chi connectivity index (χ1) is 15.2. The van der Waals surface area contributed by atoms with Gasteiger partial charge in [0, 0.05) is 10.7 Å². The number of nitrogens with zero attached hydrogens (tertiary/aromatic N) is 2. The van der Waals surface area contributed by atoms with Crippen molar-refractivity contribution in [3.8, 4) is 0 Å². The lowest BCUT2D eigenvalue weighted by atomic mass is 9.81. The van der Waals surface area contributed by atoms with E-state index < -0.39 is 23.2 Å². The highest BCUT2D eigenvalue weighted by atomic mass is 35.5. The SMILES string of the molecule is CCOC(=O)C1=C(C(C)C)N2C(=N[C@@](C)(c3ccc(F)c(F)c3)[C@H]2c2ccc(Cl)cc2)S1. The van der Waals surface area contributed by atoms with Gasteiger partial charge in [-0.2, -0.15) is 0 Å². The molecule has 0 aromatic heterocycles. The number of fused-ring (bicyclic) bond motifs is 1. The molecule has 168 valence electrons. The number of amidine groups is 1. The second-order valence-corrected chi connectivity index (χ2v) is 9.60. The van der Waals surface area contributed by atoms with Crippen LogP contribution in [0.2, 0.25) is 5.02 Å². The van der Waals surface area contributed by atoms with Crippen molar-refractivity contribution in [3.05, 3.63) is 80.9 Å². The molecule has 32 heavy (non-hydrogen) atoms. The number of benzene rings is 2. The van der Waals surface area contributed by atoms with E-state index in [0.717, 1.165) is 17.3 Å². The van der Waals surface area contributed by atoms with E-state index in [4.69, 9.17) is 21.3 Å². The van der Waals surface area contributed by atoms with Crippen LogP contribution in [0.4, 0.5) is 8.78 Å². The average Bonchev–Trinajstić information content (AvgIpc) is 3.24. The summed E-state index contributed by atoms with van der Waals surface area (Å²) in [5.41, 5.74) is 1.31. The molecule has 0 bridgehead atoms. The Morgan fingerprint density at radius 2 is 1.91 bits per heavy atom. The molecule has 2 aromatic rings. The fourth-order valence-electron chi connectivity index (χ4n) is 4.28. The molecule has 8 heteroatoms. The van der Waals surface area contributed by atoms with Crippen molar-refractivity contribution < 1.29 is 18.3 Å². The van der Waals surface area contributed by atoms with Gasteiger partial charge in [0.1, 0.15) is 10.4 Å². The van der Waals surface area contributed by atoms with E-state index in [1.807, 2.05) is 37.8 Å². The van der Waals surface area contributed by atoms with Crippen LogP contribution in [-0.2, 0) is 15.1 Å². The van der Waals surface area contributed by atoms with E-state index in [9.17, 15) is 13.6 Å². The molecule has 2 aromatic carbocycles. The molecule has 4 nitrogen and oxygen atoms in total. The van der Waals surface area contributed by atoms with Crippen molar-refractivity contribution in [2.75, 3.05) is 6.61 Å². The maximum atomic E-state index is 14.2. The molecule has 0 fully saturated rings. The van der Waals surface area contributed by atoms with E-state index in [-0.39, 0.29) is 18.5 Å². The van der Waals surface area contributed by atoms with E-state index >= 15 is 0 Å². The predicted molar refractivity (Wildman–Crippen MR) is 123 cm³/mol. The first-order valence-electron chi connectivity index (χ1n) is 10.4. The van der Waals surface area contributed by atoms with Crippen molar-refractivity contribution >= 4 is 34.5 Å². The number of halogens is 3. The maximum Gasteiger partial charge on any atom is 0.346 e. The number of esters is 1. The Morgan fingerprint density at radius 3 is 2.50 bits per heavy atom. The quantitative estimate of drug-likeness (QED) is 0.467. The smallest absolute Gasteiger partial charge is 0.346 e. The molecule has 0 N–H and O–H groups in total. The Labute approximate surface area is 195 Å². The van der Waals surface area contributed by atoms with Crippen LogP contribution in [-0.4, -0.2) is 22.6 Å². The van der Waals surface area contributed by atoms with Gasteiger partial charge in [-0.3, -0.25) is 0 Å². The van der Waals surface area contributed by atoms with Crippen LogP contribution in [0, 0.1) is 17.6 Å². The van der Waals surface area contributed by atoms with E-state index in [0.29, 0.717) is 20.7 Å². The standard InChI is InChI=1S/C24H23ClF2N2O2S/c1-5-31-22(30)20-19(13(2)3)29-21(14-6-9-16(25)10-7-14)24(4,28-23(29)32-20)15-8-11-17(26)18(27)12-15/h6-13,21H,5H2,1-4H3/t21-,24+/m1/s1. The Bertz CT molecular complexity index is 1130. The minimum absolute atomic E-state index is 0.00305. The van der Waals surface area contributed by atoms with Gasteiger partial charge < -0.3 is 9.64 Å². The summed E-state index contributed by atoms with van der Waals surface area (Å²) in [4.78, 5) is 20.2. The fourth-order valence-corrected chi connectivity index (χ4v) is 5.70. The highest BCUT2D eigenvalue weighted by Gasteiger charge is 2.53. The lowest BCUT2D eigenvalue weighted by molar-refractivity contribution is -0.137. The molecule has 0 amide bonds. The number of hydrogen-bond donors (Lipinski definition) is 0. The van der Waals surface area contributed by atoms with Gasteiger partial charge in [0.05, 0.1) is 12.6 Å². The van der Waals surface area contributed by atoms with Gasteiger partial charge >= 0.3 is 5.97 Å². The van der Waals surface area contributed by atoms with E-state index in [1.54, 1.807) is 25.1 Å². The molecule has 4 rings (SSSR count). The summed E-state index contributed by atoms with van der Waals surface area (Å²) >= 11 is 7.39. The zero-order chi connectivity index (χ0) is 23.2. The molecule has 2 heterocycles. The number of rotatable bonds is 5. The van der Waals surface area contributed by atoms with Crippen LogP contribution in [0.15, 0.2) is 58.1 Å². The molecular formula is C24H23ClF2N2O2S. The van der Waals surface area contributed by atoms with Gasteiger partial charge in [-0.15, -0.1) is 0 Å². The first-order valence-corrected chi connectivity index (χ1v) is 11.6. The summed E-state index contributed by atoms with van der Waals surface area (Å²) in [7, 11) is 0.